The third kappa shape index (κ3) is 3.73. The number of ether oxygens (including phenoxy) is 2. The van der Waals surface area contributed by atoms with Crippen LogP contribution in [0.4, 0.5) is 4.39 Å². The van der Waals surface area contributed by atoms with E-state index in [-0.39, 0.29) is 11.4 Å². The van der Waals surface area contributed by atoms with Crippen LogP contribution in [0.15, 0.2) is 48.8 Å². The van der Waals surface area contributed by atoms with Gasteiger partial charge in [0.2, 0.25) is 0 Å². The van der Waals surface area contributed by atoms with Gasteiger partial charge < -0.3 is 9.47 Å². The summed E-state index contributed by atoms with van der Waals surface area (Å²) in [5, 5.41) is 0. The SMILES string of the molecule is Fc1ccc(CN2CC3(C2)OCC[C@@H]3COCc2ccncc2)cc1. The minimum absolute atomic E-state index is 0.0573. The van der Waals surface area contributed by atoms with Crippen LogP contribution in [0.3, 0.4) is 0 Å². The Labute approximate surface area is 147 Å². The molecule has 4 rings (SSSR count). The summed E-state index contributed by atoms with van der Waals surface area (Å²) in [7, 11) is 0. The van der Waals surface area contributed by atoms with Crippen LogP contribution >= 0.6 is 0 Å². The molecule has 2 fully saturated rings. The zero-order valence-corrected chi connectivity index (χ0v) is 14.2. The molecule has 0 aliphatic carbocycles. The van der Waals surface area contributed by atoms with Crippen LogP contribution in [0.1, 0.15) is 17.5 Å². The van der Waals surface area contributed by atoms with Gasteiger partial charge in [-0.05, 0) is 41.8 Å². The maximum Gasteiger partial charge on any atom is 0.123 e. The summed E-state index contributed by atoms with van der Waals surface area (Å²) >= 11 is 0. The van der Waals surface area contributed by atoms with E-state index < -0.39 is 0 Å². The molecule has 0 radical (unpaired) electrons. The topological polar surface area (TPSA) is 34.6 Å². The first-order valence-corrected chi connectivity index (χ1v) is 8.81. The fourth-order valence-corrected chi connectivity index (χ4v) is 3.84. The second-order valence-corrected chi connectivity index (χ2v) is 7.04. The van der Waals surface area contributed by atoms with Crippen molar-refractivity contribution in [3.8, 4) is 0 Å². The van der Waals surface area contributed by atoms with Crippen LogP contribution in [0.5, 0.6) is 0 Å². The number of rotatable bonds is 6. The first-order valence-electron chi connectivity index (χ1n) is 8.81. The molecule has 132 valence electrons. The van der Waals surface area contributed by atoms with Gasteiger partial charge in [-0.1, -0.05) is 12.1 Å². The number of nitrogens with zero attached hydrogens (tertiary/aromatic N) is 2. The van der Waals surface area contributed by atoms with Crippen LogP contribution in [-0.2, 0) is 22.6 Å². The average molecular weight is 342 g/mol. The standard InChI is InChI=1S/C20H23FN2O2/c21-19-3-1-16(2-4-19)11-23-14-20(15-23)18(7-10-25-20)13-24-12-17-5-8-22-9-6-17/h1-6,8-9,18H,7,10-15H2/t18-/m1/s1. The second-order valence-electron chi connectivity index (χ2n) is 7.04. The minimum atomic E-state index is -0.186. The number of likely N-dealkylation sites (tertiary alicyclic amines) is 1. The molecule has 2 aliphatic rings. The highest BCUT2D eigenvalue weighted by molar-refractivity contribution is 5.17. The highest BCUT2D eigenvalue weighted by atomic mass is 19.1. The van der Waals surface area contributed by atoms with Crippen molar-refractivity contribution in [1.29, 1.82) is 0 Å². The number of pyridine rings is 1. The maximum atomic E-state index is 13.0. The van der Waals surface area contributed by atoms with E-state index in [1.54, 1.807) is 12.4 Å². The monoisotopic (exact) mass is 342 g/mol. The van der Waals surface area contributed by atoms with Gasteiger partial charge in [-0.2, -0.15) is 0 Å². The van der Waals surface area contributed by atoms with E-state index >= 15 is 0 Å². The molecule has 1 spiro atoms. The molecule has 1 aromatic carbocycles. The zero-order valence-electron chi connectivity index (χ0n) is 14.2. The molecule has 2 aliphatic heterocycles. The van der Waals surface area contributed by atoms with Crippen molar-refractivity contribution in [2.24, 2.45) is 5.92 Å². The number of hydrogen-bond donors (Lipinski definition) is 0. The van der Waals surface area contributed by atoms with E-state index in [1.165, 1.54) is 12.1 Å². The van der Waals surface area contributed by atoms with Crippen LogP contribution in [0.25, 0.3) is 0 Å². The van der Waals surface area contributed by atoms with E-state index in [0.29, 0.717) is 12.5 Å². The van der Waals surface area contributed by atoms with Crippen LogP contribution in [0.2, 0.25) is 0 Å². The predicted octanol–water partition coefficient (Wildman–Crippen LogP) is 3.03. The van der Waals surface area contributed by atoms with Gasteiger partial charge in [0.1, 0.15) is 5.82 Å². The van der Waals surface area contributed by atoms with Crippen molar-refractivity contribution < 1.29 is 13.9 Å². The number of hydrogen-bond acceptors (Lipinski definition) is 4. The molecule has 4 nitrogen and oxygen atoms in total. The lowest BCUT2D eigenvalue weighted by molar-refractivity contribution is -0.146. The third-order valence-corrected chi connectivity index (χ3v) is 5.24. The average Bonchev–Trinajstić information content (AvgIpc) is 3.01. The lowest BCUT2D eigenvalue weighted by atomic mass is 9.81. The molecule has 2 saturated heterocycles. The molecule has 1 aromatic heterocycles. The fourth-order valence-electron chi connectivity index (χ4n) is 3.84. The normalized spacial score (nSPS) is 22.2. The van der Waals surface area contributed by atoms with Gasteiger partial charge in [0.05, 0.1) is 18.8 Å². The van der Waals surface area contributed by atoms with Crippen molar-refractivity contribution >= 4 is 0 Å². The van der Waals surface area contributed by atoms with Crippen molar-refractivity contribution in [1.82, 2.24) is 9.88 Å². The Hall–Kier alpha value is -1.82. The molecule has 0 bridgehead atoms. The molecule has 25 heavy (non-hydrogen) atoms. The lowest BCUT2D eigenvalue weighted by Crippen LogP contribution is -2.64. The number of benzene rings is 1. The Morgan fingerprint density at radius 3 is 2.64 bits per heavy atom. The minimum Gasteiger partial charge on any atom is -0.376 e. The molecule has 0 N–H and O–H groups in total. The van der Waals surface area contributed by atoms with Gasteiger partial charge >= 0.3 is 0 Å². The highest BCUT2D eigenvalue weighted by Crippen LogP contribution is 2.40. The summed E-state index contributed by atoms with van der Waals surface area (Å²) in [5.74, 6) is 0.258. The first kappa shape index (κ1) is 16.6. The summed E-state index contributed by atoms with van der Waals surface area (Å²) in [6.45, 7) is 4.85. The van der Waals surface area contributed by atoms with E-state index in [1.807, 2.05) is 24.3 Å². The molecule has 3 heterocycles. The van der Waals surface area contributed by atoms with E-state index in [2.05, 4.69) is 9.88 Å². The van der Waals surface area contributed by atoms with Crippen LogP contribution in [-0.4, -0.2) is 41.8 Å². The van der Waals surface area contributed by atoms with Crippen molar-refractivity contribution in [2.75, 3.05) is 26.3 Å². The molecule has 5 heteroatoms. The second kappa shape index (κ2) is 7.20. The smallest absolute Gasteiger partial charge is 0.123 e. The van der Waals surface area contributed by atoms with Crippen LogP contribution in [0, 0.1) is 11.7 Å². The van der Waals surface area contributed by atoms with Gasteiger partial charge in [-0.15, -0.1) is 0 Å². The summed E-state index contributed by atoms with van der Waals surface area (Å²) in [6, 6.07) is 10.7. The summed E-state index contributed by atoms with van der Waals surface area (Å²) in [4.78, 5) is 6.38. The quantitative estimate of drug-likeness (QED) is 0.808. The van der Waals surface area contributed by atoms with Gasteiger partial charge in [0.15, 0.2) is 0 Å². The molecular weight excluding hydrogens is 319 g/mol. The Kier molecular flexibility index (Phi) is 4.79. The molecule has 0 unspecified atom stereocenters. The Balaban J connectivity index is 1.26. The van der Waals surface area contributed by atoms with Gasteiger partial charge in [-0.3, -0.25) is 9.88 Å². The van der Waals surface area contributed by atoms with Gasteiger partial charge in [0, 0.05) is 44.6 Å². The van der Waals surface area contributed by atoms with Crippen molar-refractivity contribution in [2.45, 2.75) is 25.2 Å². The lowest BCUT2D eigenvalue weighted by Gasteiger charge is -2.50. The van der Waals surface area contributed by atoms with Gasteiger partial charge in [0.25, 0.3) is 0 Å². The summed E-state index contributed by atoms with van der Waals surface area (Å²) < 4.78 is 25.0. The van der Waals surface area contributed by atoms with E-state index in [9.17, 15) is 4.39 Å². The number of halogens is 1. The fraction of sp³-hybridized carbons (Fsp3) is 0.450. The third-order valence-electron chi connectivity index (χ3n) is 5.24. The largest absolute Gasteiger partial charge is 0.376 e. The zero-order chi connectivity index (χ0) is 17.1. The first-order chi connectivity index (χ1) is 12.2. The Morgan fingerprint density at radius 1 is 1.12 bits per heavy atom. The molecule has 0 saturated carbocycles. The molecule has 0 amide bonds. The van der Waals surface area contributed by atoms with Crippen molar-refractivity contribution in [3.63, 3.8) is 0 Å². The predicted molar refractivity (Wildman–Crippen MR) is 92.4 cm³/mol. The number of aromatic nitrogens is 1. The molecule has 1 atom stereocenters. The Morgan fingerprint density at radius 2 is 1.88 bits per heavy atom. The maximum absolute atomic E-state index is 13.0. The Bertz CT molecular complexity index is 687. The summed E-state index contributed by atoms with van der Waals surface area (Å²) in [6.07, 6.45) is 4.64. The summed E-state index contributed by atoms with van der Waals surface area (Å²) in [5.41, 5.74) is 2.23. The van der Waals surface area contributed by atoms with E-state index in [4.69, 9.17) is 9.47 Å². The van der Waals surface area contributed by atoms with Crippen molar-refractivity contribution in [3.05, 3.63) is 65.7 Å². The van der Waals surface area contributed by atoms with E-state index in [0.717, 1.165) is 50.4 Å². The van der Waals surface area contributed by atoms with Crippen LogP contribution < -0.4 is 0 Å². The molecule has 2 aromatic rings. The molecular formula is C20H23FN2O2. The highest BCUT2D eigenvalue weighted by Gasteiger charge is 2.52. The van der Waals surface area contributed by atoms with Gasteiger partial charge in [-0.25, -0.2) is 4.39 Å².